The monoisotopic (exact) mass is 358 g/mol. The minimum absolute atomic E-state index is 0.0917. The highest BCUT2D eigenvalue weighted by molar-refractivity contribution is 9.10. The second-order valence-electron chi connectivity index (χ2n) is 4.22. The van der Waals surface area contributed by atoms with E-state index in [1.807, 2.05) is 6.07 Å². The lowest BCUT2D eigenvalue weighted by atomic mass is 10.3. The Balaban J connectivity index is 2.68. The van der Waals surface area contributed by atoms with Crippen molar-refractivity contribution in [3.05, 3.63) is 28.7 Å². The first-order valence-electron chi connectivity index (χ1n) is 5.96. The molecule has 0 heterocycles. The molecule has 0 saturated carbocycles. The molecule has 0 N–H and O–H groups in total. The van der Waals surface area contributed by atoms with Gasteiger partial charge in [-0.25, -0.2) is 8.42 Å². The van der Waals surface area contributed by atoms with Gasteiger partial charge in [-0.15, -0.1) is 0 Å². The minimum atomic E-state index is -3.50. The molecule has 5 nitrogen and oxygen atoms in total. The Hall–Kier alpha value is -1.39. The number of benzene rings is 1. The summed E-state index contributed by atoms with van der Waals surface area (Å²) >= 11 is 3.19. The van der Waals surface area contributed by atoms with Crippen molar-refractivity contribution in [3.8, 4) is 6.07 Å². The third kappa shape index (κ3) is 4.62. The lowest BCUT2D eigenvalue weighted by molar-refractivity contribution is -0.129. The Labute approximate surface area is 127 Å². The van der Waals surface area contributed by atoms with Crippen molar-refractivity contribution in [1.82, 2.24) is 4.90 Å². The summed E-state index contributed by atoms with van der Waals surface area (Å²) in [5, 5.41) is 8.45. The molecule has 0 atom stereocenters. The molecule has 0 saturated heterocycles. The first-order chi connectivity index (χ1) is 9.38. The molecule has 0 aliphatic rings. The van der Waals surface area contributed by atoms with Crippen LogP contribution in [0, 0.1) is 11.3 Å². The summed E-state index contributed by atoms with van der Waals surface area (Å²) < 4.78 is 24.8. The molecule has 0 aromatic heterocycles. The van der Waals surface area contributed by atoms with Gasteiger partial charge in [-0.3, -0.25) is 4.79 Å². The number of hydrogen-bond acceptors (Lipinski definition) is 4. The van der Waals surface area contributed by atoms with Crippen molar-refractivity contribution in [1.29, 1.82) is 5.26 Å². The fourth-order valence-corrected chi connectivity index (χ4v) is 3.90. The molecular weight excluding hydrogens is 344 g/mol. The normalized spacial score (nSPS) is 10.8. The van der Waals surface area contributed by atoms with E-state index in [0.717, 1.165) is 0 Å². The SMILES string of the molecule is CN(CCC#N)C(=O)CCS(=O)(=O)c1ccccc1Br. The summed E-state index contributed by atoms with van der Waals surface area (Å²) in [6.07, 6.45) is 0.144. The number of halogens is 1. The lowest BCUT2D eigenvalue weighted by Crippen LogP contribution is -2.29. The van der Waals surface area contributed by atoms with E-state index in [0.29, 0.717) is 11.0 Å². The molecule has 0 spiro atoms. The maximum Gasteiger partial charge on any atom is 0.223 e. The van der Waals surface area contributed by atoms with Gasteiger partial charge in [0.15, 0.2) is 9.84 Å². The number of nitrogens with zero attached hydrogens (tertiary/aromatic N) is 2. The summed E-state index contributed by atoms with van der Waals surface area (Å²) in [6, 6.07) is 8.45. The zero-order valence-electron chi connectivity index (χ0n) is 11.0. The van der Waals surface area contributed by atoms with E-state index < -0.39 is 9.84 Å². The second-order valence-corrected chi connectivity index (χ2v) is 7.15. The van der Waals surface area contributed by atoms with E-state index in [1.54, 1.807) is 25.2 Å². The van der Waals surface area contributed by atoms with Crippen LogP contribution in [-0.4, -0.2) is 38.6 Å². The molecule has 1 amide bonds. The Morgan fingerprint density at radius 3 is 2.65 bits per heavy atom. The number of hydrogen-bond donors (Lipinski definition) is 0. The van der Waals surface area contributed by atoms with Crippen molar-refractivity contribution in [2.75, 3.05) is 19.3 Å². The van der Waals surface area contributed by atoms with Gasteiger partial charge in [0, 0.05) is 24.5 Å². The average molecular weight is 359 g/mol. The molecule has 20 heavy (non-hydrogen) atoms. The highest BCUT2D eigenvalue weighted by atomic mass is 79.9. The summed E-state index contributed by atoms with van der Waals surface area (Å²) in [5.74, 6) is -0.526. The van der Waals surface area contributed by atoms with Gasteiger partial charge in [0.25, 0.3) is 0 Å². The first kappa shape index (κ1) is 16.7. The van der Waals surface area contributed by atoms with Crippen LogP contribution in [0.15, 0.2) is 33.6 Å². The van der Waals surface area contributed by atoms with Crippen LogP contribution in [0.5, 0.6) is 0 Å². The summed E-state index contributed by atoms with van der Waals surface area (Å²) in [7, 11) is -1.94. The highest BCUT2D eigenvalue weighted by Crippen LogP contribution is 2.22. The van der Waals surface area contributed by atoms with Crippen molar-refractivity contribution in [3.63, 3.8) is 0 Å². The van der Waals surface area contributed by atoms with E-state index >= 15 is 0 Å². The van der Waals surface area contributed by atoms with Gasteiger partial charge in [-0.2, -0.15) is 5.26 Å². The molecule has 0 aliphatic heterocycles. The molecule has 0 bridgehead atoms. The molecular formula is C13H15BrN2O3S. The van der Waals surface area contributed by atoms with Gasteiger partial charge in [0.1, 0.15) is 0 Å². The number of sulfone groups is 1. The third-order valence-corrected chi connectivity index (χ3v) is 5.46. The second kappa shape index (κ2) is 7.41. The van der Waals surface area contributed by atoms with Crippen LogP contribution in [0.1, 0.15) is 12.8 Å². The minimum Gasteiger partial charge on any atom is -0.345 e. The smallest absolute Gasteiger partial charge is 0.223 e. The molecule has 1 aromatic rings. The lowest BCUT2D eigenvalue weighted by Gasteiger charge is -2.15. The van der Waals surface area contributed by atoms with E-state index in [1.165, 1.54) is 11.0 Å². The first-order valence-corrected chi connectivity index (χ1v) is 8.41. The number of carbonyl (C=O) groups is 1. The van der Waals surface area contributed by atoms with Crippen LogP contribution in [0.3, 0.4) is 0 Å². The summed E-state index contributed by atoms with van der Waals surface area (Å²) in [6.45, 7) is 0.310. The molecule has 0 radical (unpaired) electrons. The zero-order chi connectivity index (χ0) is 15.2. The van der Waals surface area contributed by atoms with E-state index in [4.69, 9.17) is 5.26 Å². The van der Waals surface area contributed by atoms with Gasteiger partial charge in [0.05, 0.1) is 23.1 Å². The van der Waals surface area contributed by atoms with Gasteiger partial charge in [0.2, 0.25) is 5.91 Å². The van der Waals surface area contributed by atoms with Gasteiger partial charge < -0.3 is 4.90 Å². The van der Waals surface area contributed by atoms with E-state index in [-0.39, 0.29) is 29.4 Å². The Bertz CT molecular complexity index is 623. The van der Waals surface area contributed by atoms with E-state index in [9.17, 15) is 13.2 Å². The molecule has 108 valence electrons. The quantitative estimate of drug-likeness (QED) is 0.778. The summed E-state index contributed by atoms with van der Waals surface area (Å²) in [5.41, 5.74) is 0. The third-order valence-electron chi connectivity index (χ3n) is 2.74. The number of amides is 1. The maximum absolute atomic E-state index is 12.1. The van der Waals surface area contributed by atoms with Gasteiger partial charge in [-0.1, -0.05) is 12.1 Å². The summed E-state index contributed by atoms with van der Waals surface area (Å²) in [4.78, 5) is 13.3. The fourth-order valence-electron chi connectivity index (χ4n) is 1.56. The van der Waals surface area contributed by atoms with Crippen molar-refractivity contribution in [2.24, 2.45) is 0 Å². The number of nitriles is 1. The molecule has 1 aromatic carbocycles. The number of rotatable bonds is 6. The van der Waals surface area contributed by atoms with Crippen LogP contribution < -0.4 is 0 Å². The fraction of sp³-hybridized carbons (Fsp3) is 0.385. The molecule has 1 rings (SSSR count). The largest absolute Gasteiger partial charge is 0.345 e. The van der Waals surface area contributed by atoms with Crippen LogP contribution in [0.4, 0.5) is 0 Å². The Morgan fingerprint density at radius 2 is 2.05 bits per heavy atom. The van der Waals surface area contributed by atoms with Crippen LogP contribution in [0.25, 0.3) is 0 Å². The topological polar surface area (TPSA) is 78.2 Å². The standard InChI is InChI=1S/C13H15BrN2O3S/c1-16(9-4-8-15)13(17)7-10-20(18,19)12-6-3-2-5-11(12)14/h2-3,5-6H,4,7,9-10H2,1H3. The number of carbonyl (C=O) groups excluding carboxylic acids is 1. The Morgan fingerprint density at radius 1 is 1.40 bits per heavy atom. The van der Waals surface area contributed by atoms with Crippen molar-refractivity contribution < 1.29 is 13.2 Å². The maximum atomic E-state index is 12.1. The van der Waals surface area contributed by atoms with Crippen molar-refractivity contribution in [2.45, 2.75) is 17.7 Å². The predicted molar refractivity (Wildman–Crippen MR) is 78.7 cm³/mol. The molecule has 0 fully saturated rings. The van der Waals surface area contributed by atoms with Gasteiger partial charge in [-0.05, 0) is 28.1 Å². The highest BCUT2D eigenvalue weighted by Gasteiger charge is 2.20. The van der Waals surface area contributed by atoms with Crippen LogP contribution in [0.2, 0.25) is 0 Å². The Kier molecular flexibility index (Phi) is 6.17. The zero-order valence-corrected chi connectivity index (χ0v) is 13.4. The van der Waals surface area contributed by atoms with Crippen molar-refractivity contribution >= 4 is 31.7 Å². The van der Waals surface area contributed by atoms with E-state index in [2.05, 4.69) is 15.9 Å². The average Bonchev–Trinajstić information content (AvgIpc) is 2.42. The van der Waals surface area contributed by atoms with Crippen LogP contribution in [-0.2, 0) is 14.6 Å². The molecule has 0 aliphatic carbocycles. The predicted octanol–water partition coefficient (Wildman–Crippen LogP) is 1.98. The van der Waals surface area contributed by atoms with Crippen LogP contribution >= 0.6 is 15.9 Å². The van der Waals surface area contributed by atoms with Gasteiger partial charge >= 0.3 is 0 Å². The molecule has 7 heteroatoms. The molecule has 0 unspecified atom stereocenters.